The number of aliphatic hydroxyl groups excluding tert-OH is 1. The maximum absolute atomic E-state index is 13.0. The van der Waals surface area contributed by atoms with Gasteiger partial charge < -0.3 is 9.84 Å². The zero-order chi connectivity index (χ0) is 10.8. The Balaban J connectivity index is 3.12. The Morgan fingerprint density at radius 3 is 2.57 bits per heavy atom. The lowest BCUT2D eigenvalue weighted by molar-refractivity contribution is -0.0555. The molecule has 1 aromatic carbocycles. The van der Waals surface area contributed by atoms with Gasteiger partial charge in [0.25, 0.3) is 5.92 Å². The van der Waals surface area contributed by atoms with E-state index in [-0.39, 0.29) is 5.02 Å². The van der Waals surface area contributed by atoms with Gasteiger partial charge in [0.15, 0.2) is 0 Å². The summed E-state index contributed by atoms with van der Waals surface area (Å²) < 4.78 is 30.8. The first-order valence-electron chi connectivity index (χ1n) is 3.84. The normalized spacial score (nSPS) is 11.5. The van der Waals surface area contributed by atoms with E-state index in [2.05, 4.69) is 0 Å². The van der Waals surface area contributed by atoms with Crippen molar-refractivity contribution in [3.63, 3.8) is 0 Å². The van der Waals surface area contributed by atoms with Crippen LogP contribution in [0.15, 0.2) is 18.2 Å². The Bertz CT molecular complexity index is 329. The average Bonchev–Trinajstić information content (AvgIpc) is 2.17. The minimum atomic E-state index is -3.32. The van der Waals surface area contributed by atoms with Gasteiger partial charge in [0.1, 0.15) is 12.4 Å². The Morgan fingerprint density at radius 2 is 2.14 bits per heavy atom. The summed E-state index contributed by atoms with van der Waals surface area (Å²) in [6.45, 7) is -1.26. The van der Waals surface area contributed by atoms with E-state index in [1.807, 2.05) is 0 Å². The molecule has 0 radical (unpaired) electrons. The smallest absolute Gasteiger partial charge is 0.297 e. The van der Waals surface area contributed by atoms with Gasteiger partial charge in [-0.2, -0.15) is 8.78 Å². The number of hydrogen-bond donors (Lipinski definition) is 1. The van der Waals surface area contributed by atoms with Crippen LogP contribution in [0.2, 0.25) is 5.02 Å². The molecule has 1 aromatic rings. The highest BCUT2D eigenvalue weighted by atomic mass is 35.5. The molecule has 0 unspecified atom stereocenters. The zero-order valence-electron chi connectivity index (χ0n) is 7.43. The van der Waals surface area contributed by atoms with Gasteiger partial charge in [-0.3, -0.25) is 0 Å². The van der Waals surface area contributed by atoms with Gasteiger partial charge in [0.05, 0.1) is 12.1 Å². The molecule has 5 heteroatoms. The van der Waals surface area contributed by atoms with Crippen molar-refractivity contribution in [1.82, 2.24) is 0 Å². The fourth-order valence-corrected chi connectivity index (χ4v) is 1.31. The molecule has 0 bridgehead atoms. The van der Waals surface area contributed by atoms with Gasteiger partial charge in [-0.15, -0.1) is 0 Å². The molecule has 78 valence electrons. The van der Waals surface area contributed by atoms with E-state index in [4.69, 9.17) is 21.4 Å². The second-order valence-corrected chi connectivity index (χ2v) is 3.12. The zero-order valence-corrected chi connectivity index (χ0v) is 8.18. The third-order valence-electron chi connectivity index (χ3n) is 1.77. The summed E-state index contributed by atoms with van der Waals surface area (Å²) in [5.74, 6) is -2.92. The van der Waals surface area contributed by atoms with Crippen LogP contribution < -0.4 is 4.74 Å². The Kier molecular flexibility index (Phi) is 3.29. The van der Waals surface area contributed by atoms with Crippen molar-refractivity contribution in [1.29, 1.82) is 0 Å². The van der Waals surface area contributed by atoms with Gasteiger partial charge in [-0.05, 0) is 18.2 Å². The molecule has 0 atom stereocenters. The molecule has 0 aromatic heterocycles. The van der Waals surface area contributed by atoms with Crippen molar-refractivity contribution in [2.75, 3.05) is 13.7 Å². The SMILES string of the molecule is COc1ccc(C(F)(F)CO)c(Cl)c1. The number of halogens is 3. The average molecular weight is 223 g/mol. The first-order chi connectivity index (χ1) is 6.51. The van der Waals surface area contributed by atoms with E-state index >= 15 is 0 Å². The summed E-state index contributed by atoms with van der Waals surface area (Å²) in [6, 6.07) is 3.78. The predicted octanol–water partition coefficient (Wildman–Crippen LogP) is 2.43. The summed E-state index contributed by atoms with van der Waals surface area (Å²) in [5.41, 5.74) is -0.400. The molecule has 0 aliphatic carbocycles. The highest BCUT2D eigenvalue weighted by Gasteiger charge is 2.32. The van der Waals surface area contributed by atoms with Crippen LogP contribution >= 0.6 is 11.6 Å². The summed E-state index contributed by atoms with van der Waals surface area (Å²) in [7, 11) is 1.41. The molecule has 0 amide bonds. The number of alkyl halides is 2. The first kappa shape index (κ1) is 11.2. The van der Waals surface area contributed by atoms with Crippen LogP contribution in [-0.4, -0.2) is 18.8 Å². The maximum atomic E-state index is 13.0. The molecule has 0 heterocycles. The lowest BCUT2D eigenvalue weighted by Gasteiger charge is -2.15. The quantitative estimate of drug-likeness (QED) is 0.851. The van der Waals surface area contributed by atoms with Crippen LogP contribution in [0.25, 0.3) is 0 Å². The molecule has 0 spiro atoms. The molecule has 0 aliphatic rings. The van der Waals surface area contributed by atoms with Crippen molar-refractivity contribution in [3.05, 3.63) is 28.8 Å². The minimum Gasteiger partial charge on any atom is -0.497 e. The molecule has 2 nitrogen and oxygen atoms in total. The van der Waals surface area contributed by atoms with E-state index in [1.54, 1.807) is 0 Å². The van der Waals surface area contributed by atoms with E-state index < -0.39 is 18.1 Å². The van der Waals surface area contributed by atoms with Gasteiger partial charge >= 0.3 is 0 Å². The van der Waals surface area contributed by atoms with Crippen molar-refractivity contribution < 1.29 is 18.6 Å². The second-order valence-electron chi connectivity index (χ2n) is 2.71. The molecule has 14 heavy (non-hydrogen) atoms. The van der Waals surface area contributed by atoms with Crippen LogP contribution in [0, 0.1) is 0 Å². The number of benzene rings is 1. The fourth-order valence-electron chi connectivity index (χ4n) is 1.00. The van der Waals surface area contributed by atoms with Gasteiger partial charge in [-0.1, -0.05) is 11.6 Å². The highest BCUT2D eigenvalue weighted by molar-refractivity contribution is 6.31. The molecular weight excluding hydrogens is 214 g/mol. The monoisotopic (exact) mass is 222 g/mol. The Hall–Kier alpha value is -0.870. The van der Waals surface area contributed by atoms with E-state index in [0.717, 1.165) is 6.07 Å². The lowest BCUT2D eigenvalue weighted by Crippen LogP contribution is -2.18. The number of rotatable bonds is 3. The largest absolute Gasteiger partial charge is 0.497 e. The van der Waals surface area contributed by atoms with E-state index in [9.17, 15) is 8.78 Å². The standard InChI is InChI=1S/C9H9ClF2O2/c1-14-6-2-3-7(8(10)4-6)9(11,12)5-13/h2-4,13H,5H2,1H3. The number of hydrogen-bond acceptors (Lipinski definition) is 2. The van der Waals surface area contributed by atoms with E-state index in [1.165, 1.54) is 19.2 Å². The number of methoxy groups -OCH3 is 1. The first-order valence-corrected chi connectivity index (χ1v) is 4.22. The molecule has 0 fully saturated rings. The Labute approximate surface area is 85.1 Å². The van der Waals surface area contributed by atoms with Crippen molar-refractivity contribution in [3.8, 4) is 5.75 Å². The van der Waals surface area contributed by atoms with Crippen molar-refractivity contribution in [2.24, 2.45) is 0 Å². The fraction of sp³-hybridized carbons (Fsp3) is 0.333. The molecule has 1 N–H and O–H groups in total. The Morgan fingerprint density at radius 1 is 1.50 bits per heavy atom. The molecular formula is C9H9ClF2O2. The van der Waals surface area contributed by atoms with Crippen LogP contribution in [0.3, 0.4) is 0 Å². The van der Waals surface area contributed by atoms with Crippen LogP contribution in [0.4, 0.5) is 8.78 Å². The topological polar surface area (TPSA) is 29.5 Å². The van der Waals surface area contributed by atoms with Gasteiger partial charge in [0.2, 0.25) is 0 Å². The van der Waals surface area contributed by atoms with Crippen LogP contribution in [-0.2, 0) is 5.92 Å². The van der Waals surface area contributed by atoms with Gasteiger partial charge in [-0.25, -0.2) is 0 Å². The third kappa shape index (κ3) is 2.13. The predicted molar refractivity (Wildman–Crippen MR) is 49.0 cm³/mol. The molecule has 0 aliphatic heterocycles. The minimum absolute atomic E-state index is 0.122. The summed E-state index contributed by atoms with van der Waals surface area (Å²) >= 11 is 5.60. The van der Waals surface area contributed by atoms with Gasteiger partial charge in [0, 0.05) is 5.56 Å². The van der Waals surface area contributed by atoms with Crippen LogP contribution in [0.5, 0.6) is 5.75 Å². The molecule has 1 rings (SSSR count). The molecule has 0 saturated carbocycles. The number of aliphatic hydroxyl groups is 1. The molecule has 0 saturated heterocycles. The summed E-state index contributed by atoms with van der Waals surface area (Å²) in [6.07, 6.45) is 0. The number of ether oxygens (including phenoxy) is 1. The third-order valence-corrected chi connectivity index (χ3v) is 2.08. The highest BCUT2D eigenvalue weighted by Crippen LogP contribution is 2.34. The van der Waals surface area contributed by atoms with Crippen molar-refractivity contribution in [2.45, 2.75) is 5.92 Å². The van der Waals surface area contributed by atoms with Crippen LogP contribution in [0.1, 0.15) is 5.56 Å². The maximum Gasteiger partial charge on any atom is 0.297 e. The summed E-state index contributed by atoms with van der Waals surface area (Å²) in [4.78, 5) is 0. The second kappa shape index (κ2) is 4.11. The van der Waals surface area contributed by atoms with Crippen molar-refractivity contribution >= 4 is 11.6 Å². The lowest BCUT2D eigenvalue weighted by atomic mass is 10.1. The van der Waals surface area contributed by atoms with E-state index in [0.29, 0.717) is 5.75 Å². The summed E-state index contributed by atoms with van der Waals surface area (Å²) in [5, 5.41) is 8.34.